The molecule has 1 saturated heterocycles. The summed E-state index contributed by atoms with van der Waals surface area (Å²) in [6.45, 7) is 13.4. The summed E-state index contributed by atoms with van der Waals surface area (Å²) in [7, 11) is 0. The van der Waals surface area contributed by atoms with Crippen LogP contribution in [-0.2, 0) is 9.47 Å². The minimum atomic E-state index is -0.558. The number of benzene rings is 1. The minimum absolute atomic E-state index is 0.139. The second-order valence-electron chi connectivity index (χ2n) is 8.30. The third kappa shape index (κ3) is 6.84. The van der Waals surface area contributed by atoms with E-state index in [1.165, 1.54) is 0 Å². The first-order valence-corrected chi connectivity index (χ1v) is 9.28. The van der Waals surface area contributed by atoms with Gasteiger partial charge in [-0.1, -0.05) is 0 Å². The highest BCUT2D eigenvalue weighted by Gasteiger charge is 2.28. The van der Waals surface area contributed by atoms with Crippen molar-refractivity contribution >= 4 is 17.7 Å². The van der Waals surface area contributed by atoms with Gasteiger partial charge in [-0.3, -0.25) is 15.0 Å². The van der Waals surface area contributed by atoms with E-state index in [2.05, 4.69) is 29.4 Å². The van der Waals surface area contributed by atoms with Crippen LogP contribution < -0.4 is 10.6 Å². The van der Waals surface area contributed by atoms with E-state index < -0.39 is 11.7 Å². The van der Waals surface area contributed by atoms with E-state index >= 15 is 0 Å². The molecule has 1 fully saturated rings. The summed E-state index contributed by atoms with van der Waals surface area (Å²) in [5, 5.41) is 5.65. The number of anilines is 1. The van der Waals surface area contributed by atoms with E-state index in [9.17, 15) is 9.59 Å². The lowest BCUT2D eigenvalue weighted by atomic mass is 10.0. The van der Waals surface area contributed by atoms with E-state index in [4.69, 9.17) is 9.47 Å². The van der Waals surface area contributed by atoms with Crippen LogP contribution in [0.4, 0.5) is 10.5 Å². The Morgan fingerprint density at radius 1 is 1.07 bits per heavy atom. The zero-order valence-corrected chi connectivity index (χ0v) is 16.9. The molecule has 1 aromatic rings. The average Bonchev–Trinajstić information content (AvgIpc) is 2.59. The van der Waals surface area contributed by atoms with Crippen molar-refractivity contribution < 1.29 is 19.1 Å². The van der Waals surface area contributed by atoms with E-state index in [0.717, 1.165) is 26.3 Å². The van der Waals surface area contributed by atoms with Crippen LogP contribution in [0.1, 0.15) is 45.0 Å². The van der Waals surface area contributed by atoms with Crippen LogP contribution in [0, 0.1) is 0 Å². The number of carbonyl (C=O) groups excluding carboxylic acids is 2. The van der Waals surface area contributed by atoms with E-state index in [0.29, 0.717) is 17.8 Å². The molecule has 2 N–H and O–H groups in total. The Kier molecular flexibility index (Phi) is 6.84. The summed E-state index contributed by atoms with van der Waals surface area (Å²) in [5.41, 5.74) is 0.423. The minimum Gasteiger partial charge on any atom is -0.444 e. The molecule has 150 valence electrons. The predicted molar refractivity (Wildman–Crippen MR) is 105 cm³/mol. The number of nitrogens with zero attached hydrogens (tertiary/aromatic N) is 1. The second-order valence-corrected chi connectivity index (χ2v) is 8.30. The third-order valence-corrected chi connectivity index (χ3v) is 4.34. The summed E-state index contributed by atoms with van der Waals surface area (Å²) in [6.07, 6.45) is -0.521. The van der Waals surface area contributed by atoms with E-state index in [-0.39, 0.29) is 11.4 Å². The number of carbonyl (C=O) groups is 2. The molecule has 2 rings (SSSR count). The van der Waals surface area contributed by atoms with Crippen molar-refractivity contribution in [3.8, 4) is 0 Å². The molecule has 0 aromatic heterocycles. The zero-order valence-electron chi connectivity index (χ0n) is 16.9. The van der Waals surface area contributed by atoms with Gasteiger partial charge < -0.3 is 14.8 Å². The number of hydrogen-bond donors (Lipinski definition) is 2. The highest BCUT2D eigenvalue weighted by Crippen LogP contribution is 2.16. The lowest BCUT2D eigenvalue weighted by Gasteiger charge is -2.40. The van der Waals surface area contributed by atoms with Crippen molar-refractivity contribution in [2.45, 2.75) is 45.8 Å². The van der Waals surface area contributed by atoms with Crippen LogP contribution >= 0.6 is 0 Å². The van der Waals surface area contributed by atoms with Gasteiger partial charge in [-0.25, -0.2) is 4.79 Å². The molecule has 1 heterocycles. The molecule has 1 aliphatic rings. The van der Waals surface area contributed by atoms with Crippen LogP contribution in [0.25, 0.3) is 0 Å². The largest absolute Gasteiger partial charge is 0.444 e. The fourth-order valence-electron chi connectivity index (χ4n) is 2.81. The van der Waals surface area contributed by atoms with Gasteiger partial charge in [-0.15, -0.1) is 0 Å². The summed E-state index contributed by atoms with van der Waals surface area (Å²) in [6, 6.07) is 6.74. The third-order valence-electron chi connectivity index (χ3n) is 4.34. The maximum atomic E-state index is 12.4. The van der Waals surface area contributed by atoms with Crippen molar-refractivity contribution in [1.82, 2.24) is 10.2 Å². The molecule has 0 spiro atoms. The van der Waals surface area contributed by atoms with Crippen LogP contribution in [0.3, 0.4) is 0 Å². The number of hydrogen-bond acceptors (Lipinski definition) is 5. The molecule has 1 aromatic carbocycles. The standard InChI is InChI=1S/C20H31N3O4/c1-19(2,3)27-18(25)22-16-8-6-15(7-9-16)17(24)21-14-20(4,5)23-10-12-26-13-11-23/h6-9H,10-14H2,1-5H3,(H,21,24)(H,22,25). The first-order valence-electron chi connectivity index (χ1n) is 9.28. The van der Waals surface area contributed by atoms with Gasteiger partial charge in [0.2, 0.25) is 0 Å². The fraction of sp³-hybridized carbons (Fsp3) is 0.600. The Balaban J connectivity index is 1.87. The number of rotatable bonds is 5. The van der Waals surface area contributed by atoms with E-state index in [1.54, 1.807) is 45.0 Å². The number of nitrogens with one attached hydrogen (secondary N) is 2. The Morgan fingerprint density at radius 2 is 1.67 bits per heavy atom. The molecule has 0 aliphatic carbocycles. The molecule has 1 aliphatic heterocycles. The number of amides is 2. The lowest BCUT2D eigenvalue weighted by molar-refractivity contribution is -0.00923. The van der Waals surface area contributed by atoms with Crippen LogP contribution in [0.2, 0.25) is 0 Å². The van der Waals surface area contributed by atoms with Gasteiger partial charge in [0, 0.05) is 36.4 Å². The molecule has 0 saturated carbocycles. The van der Waals surface area contributed by atoms with Gasteiger partial charge in [-0.2, -0.15) is 0 Å². The summed E-state index contributed by atoms with van der Waals surface area (Å²) >= 11 is 0. The number of ether oxygens (including phenoxy) is 2. The summed E-state index contributed by atoms with van der Waals surface area (Å²) < 4.78 is 10.6. The molecule has 27 heavy (non-hydrogen) atoms. The summed E-state index contributed by atoms with van der Waals surface area (Å²) in [5.74, 6) is -0.139. The molecule has 2 amide bonds. The molecule has 0 radical (unpaired) electrons. The molecule has 0 bridgehead atoms. The van der Waals surface area contributed by atoms with Crippen molar-refractivity contribution in [2.24, 2.45) is 0 Å². The SMILES string of the molecule is CC(C)(C)OC(=O)Nc1ccc(C(=O)NCC(C)(C)N2CCOCC2)cc1. The van der Waals surface area contributed by atoms with Gasteiger partial charge in [0.15, 0.2) is 0 Å². The van der Waals surface area contributed by atoms with Gasteiger partial charge in [-0.05, 0) is 58.9 Å². The van der Waals surface area contributed by atoms with Crippen molar-refractivity contribution in [3.05, 3.63) is 29.8 Å². The smallest absolute Gasteiger partial charge is 0.412 e. The van der Waals surface area contributed by atoms with Gasteiger partial charge >= 0.3 is 6.09 Å². The first-order chi connectivity index (χ1) is 12.6. The molecular formula is C20H31N3O4. The molecule has 0 atom stereocenters. The van der Waals surface area contributed by atoms with Crippen molar-refractivity contribution in [1.29, 1.82) is 0 Å². The topological polar surface area (TPSA) is 79.9 Å². The first kappa shape index (κ1) is 21.2. The predicted octanol–water partition coefficient (Wildman–Crippen LogP) is 2.87. The average molecular weight is 377 g/mol. The molecular weight excluding hydrogens is 346 g/mol. The molecule has 7 heteroatoms. The normalized spacial score (nSPS) is 15.9. The Labute approximate surface area is 161 Å². The van der Waals surface area contributed by atoms with E-state index in [1.807, 2.05) is 0 Å². The Hall–Kier alpha value is -2.12. The van der Waals surface area contributed by atoms with Crippen LogP contribution in [0.15, 0.2) is 24.3 Å². The van der Waals surface area contributed by atoms with Gasteiger partial charge in [0.25, 0.3) is 5.91 Å². The maximum absolute atomic E-state index is 12.4. The Bertz CT molecular complexity index is 644. The van der Waals surface area contributed by atoms with Crippen LogP contribution in [-0.4, -0.2) is 60.9 Å². The quantitative estimate of drug-likeness (QED) is 0.825. The summed E-state index contributed by atoms with van der Waals surface area (Å²) in [4.78, 5) is 26.5. The highest BCUT2D eigenvalue weighted by atomic mass is 16.6. The van der Waals surface area contributed by atoms with Gasteiger partial charge in [0.1, 0.15) is 5.60 Å². The van der Waals surface area contributed by atoms with Gasteiger partial charge in [0.05, 0.1) is 13.2 Å². The van der Waals surface area contributed by atoms with Crippen molar-refractivity contribution in [2.75, 3.05) is 38.2 Å². The lowest BCUT2D eigenvalue weighted by Crippen LogP contribution is -2.55. The van der Waals surface area contributed by atoms with Crippen molar-refractivity contribution in [3.63, 3.8) is 0 Å². The fourth-order valence-corrected chi connectivity index (χ4v) is 2.81. The zero-order chi connectivity index (χ0) is 20.1. The monoisotopic (exact) mass is 377 g/mol. The molecule has 0 unspecified atom stereocenters. The highest BCUT2D eigenvalue weighted by molar-refractivity contribution is 5.95. The maximum Gasteiger partial charge on any atom is 0.412 e. The Morgan fingerprint density at radius 3 is 2.22 bits per heavy atom. The van der Waals surface area contributed by atoms with Crippen LogP contribution in [0.5, 0.6) is 0 Å². The molecule has 7 nitrogen and oxygen atoms in total. The number of morpholine rings is 1. The second kappa shape index (κ2) is 8.71.